The van der Waals surface area contributed by atoms with Gasteiger partial charge in [0.1, 0.15) is 5.84 Å². The number of benzene rings is 2. The van der Waals surface area contributed by atoms with Crippen molar-refractivity contribution in [3.8, 4) is 0 Å². The fraction of sp³-hybridized carbons (Fsp3) is 0.448. The summed E-state index contributed by atoms with van der Waals surface area (Å²) in [5.74, 6) is -4.35. The maximum absolute atomic E-state index is 13.8. The highest BCUT2D eigenvalue weighted by Crippen LogP contribution is 2.35. The number of amidine groups is 1. The number of esters is 1. The fourth-order valence-corrected chi connectivity index (χ4v) is 5.20. The molecular formula is C29H38N6O5. The van der Waals surface area contributed by atoms with Gasteiger partial charge in [-0.2, -0.15) is 0 Å². The van der Waals surface area contributed by atoms with Gasteiger partial charge in [0, 0.05) is 55.6 Å². The predicted molar refractivity (Wildman–Crippen MR) is 152 cm³/mol. The first-order valence-electron chi connectivity index (χ1n) is 13.7. The van der Waals surface area contributed by atoms with Crippen LogP contribution in [0.15, 0.2) is 36.4 Å². The summed E-state index contributed by atoms with van der Waals surface area (Å²) in [5.41, 5.74) is 9.73. The van der Waals surface area contributed by atoms with Crippen molar-refractivity contribution in [1.29, 1.82) is 5.41 Å². The number of nitrogens with zero attached hydrogens (tertiary/aromatic N) is 2. The summed E-state index contributed by atoms with van der Waals surface area (Å²) >= 11 is 0. The zero-order valence-electron chi connectivity index (χ0n) is 23.3. The molecule has 11 heteroatoms. The molecule has 1 fully saturated rings. The molecule has 1 atom stereocenters. The van der Waals surface area contributed by atoms with Gasteiger partial charge >= 0.3 is 17.8 Å². The van der Waals surface area contributed by atoms with Crippen LogP contribution < -0.4 is 21.3 Å². The molecule has 0 spiro atoms. The second-order valence-corrected chi connectivity index (χ2v) is 9.89. The Kier molecular flexibility index (Phi) is 8.93. The largest absolute Gasteiger partial charge is 0.405 e. The molecule has 214 valence electrons. The second-order valence-electron chi connectivity index (χ2n) is 9.89. The molecule has 0 aromatic heterocycles. The molecule has 0 unspecified atom stereocenters. The lowest BCUT2D eigenvalue weighted by Crippen LogP contribution is -2.63. The molecule has 4 rings (SSSR count). The van der Waals surface area contributed by atoms with Crippen molar-refractivity contribution in [2.24, 2.45) is 5.73 Å². The maximum atomic E-state index is 13.8. The molecule has 11 nitrogen and oxygen atoms in total. The van der Waals surface area contributed by atoms with Crippen molar-refractivity contribution >= 4 is 35.0 Å². The number of carbonyl (C=O) groups excluding carboxylic acids is 3. The van der Waals surface area contributed by atoms with Crippen molar-refractivity contribution in [2.75, 3.05) is 36.5 Å². The van der Waals surface area contributed by atoms with Gasteiger partial charge in [-0.05, 0) is 62.4 Å². The number of hydrogen-bond acceptors (Lipinski definition) is 8. The van der Waals surface area contributed by atoms with Crippen LogP contribution in [-0.2, 0) is 32.2 Å². The first-order valence-corrected chi connectivity index (χ1v) is 13.7. The molecule has 5 N–H and O–H groups in total. The van der Waals surface area contributed by atoms with Gasteiger partial charge in [0.15, 0.2) is 0 Å². The van der Waals surface area contributed by atoms with Gasteiger partial charge in [-0.1, -0.05) is 18.2 Å². The third-order valence-corrected chi connectivity index (χ3v) is 7.11. The first-order chi connectivity index (χ1) is 19.2. The average molecular weight is 551 g/mol. The summed E-state index contributed by atoms with van der Waals surface area (Å²) < 4.78 is 11.4. The zero-order valence-corrected chi connectivity index (χ0v) is 23.3. The van der Waals surface area contributed by atoms with E-state index in [2.05, 4.69) is 15.5 Å². The quantitative estimate of drug-likeness (QED) is 0.144. The van der Waals surface area contributed by atoms with Crippen molar-refractivity contribution in [3.05, 3.63) is 58.7 Å². The molecule has 0 aliphatic carbocycles. The standard InChI is InChI=1S/C29H38N6O5/c1-4-32-25-15-20(26(30)31)9-10-21(25)17-33-28(38)29(39-5-2,40-19(3)36)35-18-22-11-12-23(16-24(22)27(35)37)34-13-7-6-8-14-34/h9-12,15-16,32H,4-8,13-14,17-18H2,1-3H3,(H3,30,31)(H,33,38)/t29-/m0/s1. The van der Waals surface area contributed by atoms with Crippen LogP contribution in [0, 0.1) is 5.41 Å². The molecule has 2 aliphatic heterocycles. The number of amides is 2. The van der Waals surface area contributed by atoms with Gasteiger partial charge in [-0.3, -0.25) is 24.7 Å². The molecule has 2 aromatic carbocycles. The Bertz CT molecular complexity index is 1290. The number of anilines is 2. The van der Waals surface area contributed by atoms with E-state index < -0.39 is 23.7 Å². The Balaban J connectivity index is 1.62. The first kappa shape index (κ1) is 28.9. The molecule has 1 saturated heterocycles. The van der Waals surface area contributed by atoms with Crippen molar-refractivity contribution in [1.82, 2.24) is 10.2 Å². The summed E-state index contributed by atoms with van der Waals surface area (Å²) in [6, 6.07) is 10.9. The molecule has 2 heterocycles. The summed E-state index contributed by atoms with van der Waals surface area (Å²) in [6.45, 7) is 7.33. The maximum Gasteiger partial charge on any atom is 0.383 e. The lowest BCUT2D eigenvalue weighted by atomic mass is 10.1. The van der Waals surface area contributed by atoms with E-state index in [-0.39, 0.29) is 25.5 Å². The fourth-order valence-electron chi connectivity index (χ4n) is 5.20. The highest BCUT2D eigenvalue weighted by atomic mass is 16.7. The van der Waals surface area contributed by atoms with E-state index in [1.165, 1.54) is 18.2 Å². The summed E-state index contributed by atoms with van der Waals surface area (Å²) in [4.78, 5) is 43.3. The number of nitrogen functional groups attached to an aromatic ring is 1. The minimum atomic E-state index is -2.29. The molecule has 0 radical (unpaired) electrons. The molecule has 0 saturated carbocycles. The number of nitrogens with one attached hydrogen (secondary N) is 3. The third kappa shape index (κ3) is 5.89. The monoisotopic (exact) mass is 550 g/mol. The zero-order chi connectivity index (χ0) is 28.9. The van der Waals surface area contributed by atoms with Crippen LogP contribution >= 0.6 is 0 Å². The van der Waals surface area contributed by atoms with Crippen LogP contribution in [0.2, 0.25) is 0 Å². The molecule has 2 amide bonds. The van der Waals surface area contributed by atoms with E-state index in [1.54, 1.807) is 25.1 Å². The van der Waals surface area contributed by atoms with Crippen LogP contribution in [-0.4, -0.2) is 60.7 Å². The smallest absolute Gasteiger partial charge is 0.383 e. The van der Waals surface area contributed by atoms with E-state index >= 15 is 0 Å². The number of nitrogens with two attached hydrogens (primary N) is 1. The molecule has 2 aliphatic rings. The van der Waals surface area contributed by atoms with Gasteiger partial charge in [0.05, 0.1) is 13.2 Å². The van der Waals surface area contributed by atoms with Crippen LogP contribution in [0.1, 0.15) is 67.1 Å². The predicted octanol–water partition coefficient (Wildman–Crippen LogP) is 2.92. The second kappa shape index (κ2) is 12.4. The number of rotatable bonds is 11. The Morgan fingerprint density at radius 1 is 1.10 bits per heavy atom. The van der Waals surface area contributed by atoms with Crippen LogP contribution in [0.25, 0.3) is 0 Å². The van der Waals surface area contributed by atoms with Crippen LogP contribution in [0.5, 0.6) is 0 Å². The summed E-state index contributed by atoms with van der Waals surface area (Å²) in [7, 11) is 0. The highest BCUT2D eigenvalue weighted by Gasteiger charge is 2.54. The number of hydrogen-bond donors (Lipinski definition) is 4. The van der Waals surface area contributed by atoms with Gasteiger partial charge in [-0.15, -0.1) is 0 Å². The van der Waals surface area contributed by atoms with E-state index in [0.29, 0.717) is 23.4 Å². The third-order valence-electron chi connectivity index (χ3n) is 7.11. The lowest BCUT2D eigenvalue weighted by Gasteiger charge is -2.37. The number of fused-ring (bicyclic) bond motifs is 1. The molecular weight excluding hydrogens is 512 g/mol. The summed E-state index contributed by atoms with van der Waals surface area (Å²) in [6.07, 6.45) is 3.40. The molecule has 0 bridgehead atoms. The van der Waals surface area contributed by atoms with E-state index in [1.807, 2.05) is 25.1 Å². The topological polar surface area (TPSA) is 150 Å². The lowest BCUT2D eigenvalue weighted by molar-refractivity contribution is -0.272. The minimum Gasteiger partial charge on any atom is -0.405 e. The Labute approximate surface area is 234 Å². The van der Waals surface area contributed by atoms with Crippen molar-refractivity contribution < 1.29 is 23.9 Å². The minimum absolute atomic E-state index is 0.00972. The van der Waals surface area contributed by atoms with Gasteiger partial charge in [-0.25, -0.2) is 0 Å². The molecule has 40 heavy (non-hydrogen) atoms. The summed E-state index contributed by atoms with van der Waals surface area (Å²) in [5, 5.41) is 13.7. The number of carbonyl (C=O) groups is 3. The molecule has 2 aromatic rings. The normalized spacial score (nSPS) is 16.2. The Morgan fingerprint density at radius 3 is 2.50 bits per heavy atom. The Hall–Kier alpha value is -4.12. The number of ether oxygens (including phenoxy) is 2. The van der Waals surface area contributed by atoms with E-state index in [9.17, 15) is 14.4 Å². The van der Waals surface area contributed by atoms with Crippen molar-refractivity contribution in [2.45, 2.75) is 59.0 Å². The van der Waals surface area contributed by atoms with E-state index in [0.717, 1.165) is 42.7 Å². The van der Waals surface area contributed by atoms with Gasteiger partial charge in [0.2, 0.25) is 0 Å². The highest BCUT2D eigenvalue weighted by molar-refractivity contribution is 6.03. The number of piperidine rings is 1. The average Bonchev–Trinajstić information content (AvgIpc) is 3.28. The van der Waals surface area contributed by atoms with Gasteiger partial charge < -0.3 is 30.7 Å². The van der Waals surface area contributed by atoms with Crippen molar-refractivity contribution in [3.63, 3.8) is 0 Å². The van der Waals surface area contributed by atoms with Crippen LogP contribution in [0.3, 0.4) is 0 Å². The Morgan fingerprint density at radius 2 is 1.85 bits per heavy atom. The SMILES string of the molecule is CCNc1cc(C(=N)N)ccc1CNC(=O)[C@](OCC)(OC(C)=O)N1Cc2ccc(N3CCCCC3)cc2C1=O. The van der Waals surface area contributed by atoms with Crippen LogP contribution in [0.4, 0.5) is 11.4 Å². The van der Waals surface area contributed by atoms with E-state index in [4.69, 9.17) is 20.6 Å². The van der Waals surface area contributed by atoms with Gasteiger partial charge in [0.25, 0.3) is 5.91 Å².